The summed E-state index contributed by atoms with van der Waals surface area (Å²) < 4.78 is 0. The number of rotatable bonds is 45. The van der Waals surface area contributed by atoms with Crippen molar-refractivity contribution in [2.45, 2.75) is 5.62 Å². The minimum Gasteiger partial charge on any atom is -0.146 e. The molecule has 0 nitrogen and oxygen atoms in total. The molecule has 0 atom stereocenters. The van der Waals surface area contributed by atoms with E-state index in [2.05, 4.69) is 0 Å². The Morgan fingerprint density at radius 1 is 0.0851 bits per heavy atom. The van der Waals surface area contributed by atoms with E-state index in [0.29, 0.717) is 0 Å². The Labute approximate surface area is 658 Å². The monoisotopic (exact) mass is 1040 g/mol. The van der Waals surface area contributed by atoms with Crippen molar-refractivity contribution in [3.05, 3.63) is 0 Å². The third kappa shape index (κ3) is 26.7. The lowest BCUT2D eigenvalue weighted by atomic mass is 8.26. The van der Waals surface area contributed by atoms with Crippen LogP contribution in [0.2, 0.25) is 5.62 Å². The number of hydrogen-bond donors (Lipinski definition) is 0. The molecule has 284 valence electrons. The number of hydrogen-bond acceptors (Lipinski definition) is 0. The van der Waals surface area contributed by atoms with Crippen LogP contribution in [0, 0.1) is 0 Å². The molecule has 0 bridgehead atoms. The summed E-state index contributed by atoms with van der Waals surface area (Å²) in [5.41, 5.74) is -2.22. The van der Waals surface area contributed by atoms with E-state index in [1.54, 1.807) is 0 Å². The lowest BCUT2D eigenvalue weighted by Gasteiger charge is -2.63. The van der Waals surface area contributed by atoms with Crippen LogP contribution in [0.3, 0.4) is 0 Å². The van der Waals surface area contributed by atoms with Crippen LogP contribution in [0.25, 0.3) is 0 Å². The highest BCUT2D eigenvalue weighted by Gasteiger charge is 2.67. The zero-order valence-corrected chi connectivity index (χ0v) is 54.3. The summed E-state index contributed by atoms with van der Waals surface area (Å²) >= 11 is 0. The fourth-order valence-electron chi connectivity index (χ4n) is 16.9. The van der Waals surface area contributed by atoms with Gasteiger partial charge >= 0.3 is 0 Å². The average Bonchev–Trinajstić information content (AvgIpc) is 3.33. The molecular formula is CHB93. The van der Waals surface area contributed by atoms with Crippen molar-refractivity contribution in [3.63, 3.8) is 0 Å². The van der Waals surface area contributed by atoms with E-state index >= 15 is 0 Å². The van der Waals surface area contributed by atoms with E-state index in [1.807, 2.05) is 0 Å². The van der Waals surface area contributed by atoms with Crippen molar-refractivity contribution in [1.82, 2.24) is 0 Å². The van der Waals surface area contributed by atoms with Gasteiger partial charge in [-0.3, -0.25) is 0 Å². The van der Waals surface area contributed by atoms with Crippen molar-refractivity contribution in [2.75, 3.05) is 0 Å². The quantitative estimate of drug-likeness (QED) is 0.0533. The van der Waals surface area contributed by atoms with Crippen LogP contribution >= 0.6 is 0 Å². The maximum atomic E-state index is 7.05. The summed E-state index contributed by atoms with van der Waals surface area (Å²) in [5.74, 6) is 0. The fraction of sp³-hybridized carbons (Fsp3) is 1.00. The standard InChI is InChI=1S/CHB93/c2-53(3)83(54(4)5)77(84(55(6)7)56(8)9)50(78(85(57(10)11)58(12)13)86(59(14)15)60(16)17)1(51(79(87(61(18)19)62(20)21)88(63(22)23)64(24)25)80(89(65(26)27)66(28)29)90(67(30)31)68(32)33)52(81(91(69(34)35)70(36)37)92(71(38)39)72(40)41)82(93(73(42)43)74(44)45)94(75(46)47)76(48)49/h1H. The molecule has 94 heavy (non-hydrogen) atoms. The Morgan fingerprint density at radius 3 is 0.181 bits per heavy atom. The second-order valence-electron chi connectivity index (χ2n) is 26.6. The molecule has 0 fully saturated rings. The Morgan fingerprint density at radius 2 is 0.138 bits per heavy atom. The van der Waals surface area contributed by atoms with E-state index in [0.717, 1.165) is 0 Å². The molecule has 0 amide bonds. The highest BCUT2D eigenvalue weighted by Crippen LogP contribution is 2.37. The van der Waals surface area contributed by atoms with Crippen LogP contribution in [-0.4, -0.2) is 659 Å². The molecule has 0 rings (SSSR count). The minimum absolute atomic E-state index is 1.77. The van der Waals surface area contributed by atoms with Gasteiger partial charge in [0, 0.05) is 659 Å². The van der Waals surface area contributed by atoms with E-state index in [-0.39, 0.29) is 0 Å². The van der Waals surface area contributed by atoms with Gasteiger partial charge in [-0.15, -0.1) is 5.62 Å². The molecule has 0 unspecified atom stereocenters. The van der Waals surface area contributed by atoms with Crippen LogP contribution in [-0.2, 0) is 0 Å². The van der Waals surface area contributed by atoms with Gasteiger partial charge < -0.3 is 0 Å². The highest BCUT2D eigenvalue weighted by atomic mass is 13.7. The molecule has 96 radical (unpaired) electrons. The van der Waals surface area contributed by atoms with Crippen molar-refractivity contribution >= 4 is 659 Å². The Balaban J connectivity index is 14.2. The van der Waals surface area contributed by atoms with Gasteiger partial charge in [-0.05, 0) is 0 Å². The normalized spacial score (nSPS) is 9.93. The molecule has 0 aromatic heterocycles. The molecule has 0 aliphatic rings. The topological polar surface area (TPSA) is 0 Å². The van der Waals surface area contributed by atoms with Crippen LogP contribution in [0.15, 0.2) is 0 Å². The SMILES string of the molecule is [B]B([B])B(B([B])[B])B(B(B([B])[B])B([B])[B])B(B(B(B([B])[B])B([B])[B])B(B([B])[B])B([B])[B])C(B(B(B(B([B])[B])B([B])[B])B(B([B])[B])B([B])[B])B(B(B([B])[B])B([B])[B])B(B([B])[B])B([B])[B])B(B(B(B([B])[B])B([B])[B])B(B([B])[B])B([B])[B])B(B(B([B])[B])B([B])[B])B(B([B])[B])B([B])[B]. The summed E-state index contributed by atoms with van der Waals surface area (Å²) in [5, 5.41) is 0. The van der Waals surface area contributed by atoms with Crippen molar-refractivity contribution in [2.24, 2.45) is 0 Å². The van der Waals surface area contributed by atoms with E-state index < -0.39 is 293 Å². The first-order valence-electron chi connectivity index (χ1n) is 31.0. The van der Waals surface area contributed by atoms with Crippen LogP contribution in [0.1, 0.15) is 0 Å². The first kappa shape index (κ1) is 100. The summed E-state index contributed by atoms with van der Waals surface area (Å²) in [6, 6.07) is 0. The van der Waals surface area contributed by atoms with E-state index in [9.17, 15) is 0 Å². The van der Waals surface area contributed by atoms with Gasteiger partial charge in [0.15, 0.2) is 0 Å². The lowest BCUT2D eigenvalue weighted by Crippen LogP contribution is -2.96. The first-order valence-corrected chi connectivity index (χ1v) is 31.0. The van der Waals surface area contributed by atoms with Gasteiger partial charge in [0.1, 0.15) is 0 Å². The minimum atomic E-state index is -2.22. The molecule has 93 heteroatoms. The summed E-state index contributed by atoms with van der Waals surface area (Å²) in [7, 11) is 338. The smallest absolute Gasteiger partial charge is 0.0294 e. The van der Waals surface area contributed by atoms with Gasteiger partial charge in [0.2, 0.25) is 0 Å². The summed E-state index contributed by atoms with van der Waals surface area (Å²) in [6.45, 7) is -6.34. The lowest BCUT2D eigenvalue weighted by molar-refractivity contribution is 1.80. The molecule has 0 saturated carbocycles. The maximum Gasteiger partial charge on any atom is 0.0294 e. The van der Waals surface area contributed by atoms with Crippen LogP contribution in [0.5, 0.6) is 0 Å². The van der Waals surface area contributed by atoms with Gasteiger partial charge in [-0.1, -0.05) is 0 Å². The molecule has 0 saturated heterocycles. The van der Waals surface area contributed by atoms with Gasteiger partial charge in [-0.2, -0.15) is 0 Å². The molecule has 0 spiro atoms. The molecule has 0 heterocycles. The molecule has 0 aromatic rings. The second-order valence-corrected chi connectivity index (χ2v) is 26.6. The summed E-state index contributed by atoms with van der Waals surface area (Å²) in [6.07, 6.45) is -76.4. The fourth-order valence-corrected chi connectivity index (χ4v) is 16.9. The van der Waals surface area contributed by atoms with Crippen molar-refractivity contribution in [1.29, 1.82) is 0 Å². The van der Waals surface area contributed by atoms with Crippen LogP contribution < -0.4 is 0 Å². The highest BCUT2D eigenvalue weighted by molar-refractivity contribution is 8.32. The predicted octanol–water partition coefficient (Wildman–Crippen LogP) is -35.1. The largest absolute Gasteiger partial charge is 0.146 e. The van der Waals surface area contributed by atoms with Gasteiger partial charge in [0.25, 0.3) is 0 Å². The third-order valence-corrected chi connectivity index (χ3v) is 20.0. The van der Waals surface area contributed by atoms with Crippen molar-refractivity contribution in [3.8, 4) is 0 Å². The van der Waals surface area contributed by atoms with E-state index in [1.165, 1.54) is 0 Å². The summed E-state index contributed by atoms with van der Waals surface area (Å²) in [4.78, 5) is 0. The Hall–Kier alpha value is 6.04. The maximum absolute atomic E-state index is 7.05. The third-order valence-electron chi connectivity index (χ3n) is 20.0. The molecule has 0 aliphatic carbocycles. The van der Waals surface area contributed by atoms with Gasteiger partial charge in [0.05, 0.1) is 0 Å². The van der Waals surface area contributed by atoms with Crippen molar-refractivity contribution < 1.29 is 0 Å². The molecule has 0 N–H and O–H groups in total. The first-order chi connectivity index (χ1) is 42.7. The second kappa shape index (κ2) is 45.9. The Kier molecular flexibility index (Phi) is 48.8. The van der Waals surface area contributed by atoms with Gasteiger partial charge in [-0.25, -0.2) is 0 Å². The zero-order chi connectivity index (χ0) is 74.6. The Bertz CT molecular complexity index is 1360. The zero-order valence-electron chi connectivity index (χ0n) is 54.3. The molecular weight excluding hydrogens is 1020 g/mol. The van der Waals surface area contributed by atoms with Crippen LogP contribution in [0.4, 0.5) is 0 Å². The predicted molar refractivity (Wildman–Crippen MR) is 539 cm³/mol. The molecule has 0 aliphatic heterocycles. The average molecular weight is 1020 g/mol. The molecule has 0 aromatic carbocycles. The van der Waals surface area contributed by atoms with E-state index in [4.69, 9.17) is 371 Å².